The van der Waals surface area contributed by atoms with Gasteiger partial charge in [0.1, 0.15) is 5.60 Å². The number of aromatic nitrogens is 1. The number of ether oxygens (including phenoxy) is 1. The Labute approximate surface area is 86.3 Å². The van der Waals surface area contributed by atoms with Gasteiger partial charge in [-0.05, 0) is 32.8 Å². The highest BCUT2D eigenvalue weighted by Crippen LogP contribution is 2.15. The maximum absolute atomic E-state index is 5.62. The van der Waals surface area contributed by atoms with E-state index in [4.69, 9.17) is 4.74 Å². The molecule has 0 atom stereocenters. The molecule has 0 aliphatic heterocycles. The molecule has 0 aromatic carbocycles. The summed E-state index contributed by atoms with van der Waals surface area (Å²) in [4.78, 5) is 4.26. The molecular formula is C12H19NO. The maximum Gasteiger partial charge on any atom is 0.213 e. The lowest BCUT2D eigenvalue weighted by Gasteiger charge is -2.20. The van der Waals surface area contributed by atoms with Crippen molar-refractivity contribution >= 4 is 0 Å². The van der Waals surface area contributed by atoms with Crippen LogP contribution in [0.3, 0.4) is 0 Å². The predicted octanol–water partition coefficient (Wildman–Crippen LogP) is 3.21. The van der Waals surface area contributed by atoms with Gasteiger partial charge in [0.25, 0.3) is 0 Å². The molecule has 0 amide bonds. The largest absolute Gasteiger partial charge is 0.472 e. The summed E-state index contributed by atoms with van der Waals surface area (Å²) in [6.07, 6.45) is 4.13. The first kappa shape index (κ1) is 11.0. The van der Waals surface area contributed by atoms with Gasteiger partial charge in [-0.3, -0.25) is 0 Å². The summed E-state index contributed by atoms with van der Waals surface area (Å²) in [7, 11) is 0. The average Bonchev–Trinajstić information content (AvgIpc) is 2.06. The van der Waals surface area contributed by atoms with E-state index in [1.165, 1.54) is 5.56 Å². The Kier molecular flexibility index (Phi) is 3.50. The van der Waals surface area contributed by atoms with Gasteiger partial charge in [-0.1, -0.05) is 19.4 Å². The van der Waals surface area contributed by atoms with Crippen LogP contribution in [0.4, 0.5) is 0 Å². The minimum atomic E-state index is -0.167. The van der Waals surface area contributed by atoms with Crippen LogP contribution >= 0.6 is 0 Å². The molecule has 0 radical (unpaired) electrons. The zero-order valence-electron chi connectivity index (χ0n) is 9.50. The fourth-order valence-corrected chi connectivity index (χ4v) is 1.22. The first-order chi connectivity index (χ1) is 6.51. The van der Waals surface area contributed by atoms with E-state index in [1.54, 1.807) is 0 Å². The molecule has 0 saturated carbocycles. The molecule has 14 heavy (non-hydrogen) atoms. The lowest BCUT2D eigenvalue weighted by molar-refractivity contribution is 0.124. The van der Waals surface area contributed by atoms with Crippen molar-refractivity contribution in [1.29, 1.82) is 0 Å². The summed E-state index contributed by atoms with van der Waals surface area (Å²) in [6.45, 7) is 8.23. The molecule has 0 N–H and O–H groups in total. The molecule has 0 fully saturated rings. The highest BCUT2D eigenvalue weighted by Gasteiger charge is 2.11. The third-order valence-electron chi connectivity index (χ3n) is 1.75. The molecule has 0 aliphatic rings. The fraction of sp³-hybridized carbons (Fsp3) is 0.583. The van der Waals surface area contributed by atoms with Crippen molar-refractivity contribution in [2.75, 3.05) is 0 Å². The van der Waals surface area contributed by atoms with Crippen LogP contribution in [0.2, 0.25) is 0 Å². The van der Waals surface area contributed by atoms with Crippen molar-refractivity contribution in [2.24, 2.45) is 0 Å². The molecule has 1 rings (SSSR count). The minimum Gasteiger partial charge on any atom is -0.472 e. The molecule has 78 valence electrons. The summed E-state index contributed by atoms with van der Waals surface area (Å²) in [6, 6.07) is 4.02. The standard InChI is InChI=1S/C12H19NO/c1-5-6-10-7-8-11(13-9-10)14-12(2,3)4/h7-9H,5-6H2,1-4H3. The summed E-state index contributed by atoms with van der Waals surface area (Å²) in [5.74, 6) is 0.706. The van der Waals surface area contributed by atoms with Crippen molar-refractivity contribution in [3.63, 3.8) is 0 Å². The Bertz CT molecular complexity index is 271. The van der Waals surface area contributed by atoms with Crippen LogP contribution in [0.5, 0.6) is 5.88 Å². The molecule has 0 aliphatic carbocycles. The van der Waals surface area contributed by atoms with Gasteiger partial charge >= 0.3 is 0 Å². The van der Waals surface area contributed by atoms with Crippen LogP contribution in [0.15, 0.2) is 18.3 Å². The highest BCUT2D eigenvalue weighted by atomic mass is 16.5. The second-order valence-electron chi connectivity index (χ2n) is 4.47. The van der Waals surface area contributed by atoms with E-state index >= 15 is 0 Å². The van der Waals surface area contributed by atoms with Crippen molar-refractivity contribution in [1.82, 2.24) is 4.98 Å². The lowest BCUT2D eigenvalue weighted by Crippen LogP contribution is -2.23. The van der Waals surface area contributed by atoms with E-state index in [0.29, 0.717) is 5.88 Å². The molecule has 0 bridgehead atoms. The number of nitrogens with zero attached hydrogens (tertiary/aromatic N) is 1. The molecule has 0 unspecified atom stereocenters. The SMILES string of the molecule is CCCc1ccc(OC(C)(C)C)nc1. The van der Waals surface area contributed by atoms with Crippen molar-refractivity contribution in [2.45, 2.75) is 46.1 Å². The van der Waals surface area contributed by atoms with Gasteiger partial charge < -0.3 is 4.74 Å². The number of hydrogen-bond acceptors (Lipinski definition) is 2. The molecule has 1 aromatic heterocycles. The molecule has 2 heteroatoms. The van der Waals surface area contributed by atoms with Crippen LogP contribution in [0.25, 0.3) is 0 Å². The number of hydrogen-bond donors (Lipinski definition) is 0. The third kappa shape index (κ3) is 3.77. The van der Waals surface area contributed by atoms with Crippen molar-refractivity contribution in [3.8, 4) is 5.88 Å². The molecule has 1 heterocycles. The van der Waals surface area contributed by atoms with Crippen LogP contribution in [-0.2, 0) is 6.42 Å². The Morgan fingerprint density at radius 2 is 2.00 bits per heavy atom. The van der Waals surface area contributed by atoms with Crippen LogP contribution in [-0.4, -0.2) is 10.6 Å². The van der Waals surface area contributed by atoms with Gasteiger partial charge in [0, 0.05) is 12.3 Å². The van der Waals surface area contributed by atoms with Gasteiger partial charge in [0.05, 0.1) is 0 Å². The zero-order chi connectivity index (χ0) is 10.6. The molecule has 0 saturated heterocycles. The lowest BCUT2D eigenvalue weighted by atomic mass is 10.2. The summed E-state index contributed by atoms with van der Waals surface area (Å²) in [5, 5.41) is 0. The molecule has 0 spiro atoms. The van der Waals surface area contributed by atoms with Crippen LogP contribution < -0.4 is 4.74 Å². The second-order valence-corrected chi connectivity index (χ2v) is 4.47. The van der Waals surface area contributed by atoms with Gasteiger partial charge in [-0.25, -0.2) is 4.98 Å². The van der Waals surface area contributed by atoms with Crippen molar-refractivity contribution < 1.29 is 4.74 Å². The summed E-state index contributed by atoms with van der Waals surface area (Å²) < 4.78 is 5.62. The smallest absolute Gasteiger partial charge is 0.213 e. The van der Waals surface area contributed by atoms with E-state index in [1.807, 2.05) is 33.0 Å². The Balaban J connectivity index is 2.64. The highest BCUT2D eigenvalue weighted by molar-refractivity contribution is 5.18. The van der Waals surface area contributed by atoms with E-state index in [9.17, 15) is 0 Å². The fourth-order valence-electron chi connectivity index (χ4n) is 1.22. The Hall–Kier alpha value is -1.05. The van der Waals surface area contributed by atoms with Gasteiger partial charge in [0.15, 0.2) is 0 Å². The second kappa shape index (κ2) is 4.45. The van der Waals surface area contributed by atoms with Gasteiger partial charge in [-0.15, -0.1) is 0 Å². The van der Waals surface area contributed by atoms with E-state index in [0.717, 1.165) is 12.8 Å². The predicted molar refractivity (Wildman–Crippen MR) is 58.6 cm³/mol. The zero-order valence-corrected chi connectivity index (χ0v) is 9.50. The van der Waals surface area contributed by atoms with Gasteiger partial charge in [0.2, 0.25) is 5.88 Å². The molecule has 1 aromatic rings. The number of pyridine rings is 1. The average molecular weight is 193 g/mol. The van der Waals surface area contributed by atoms with Crippen LogP contribution in [0.1, 0.15) is 39.7 Å². The third-order valence-corrected chi connectivity index (χ3v) is 1.75. The molecular weight excluding hydrogens is 174 g/mol. The first-order valence-corrected chi connectivity index (χ1v) is 5.15. The summed E-state index contributed by atoms with van der Waals surface area (Å²) in [5.41, 5.74) is 1.10. The Morgan fingerprint density at radius 1 is 1.29 bits per heavy atom. The number of rotatable bonds is 3. The Morgan fingerprint density at radius 3 is 2.43 bits per heavy atom. The van der Waals surface area contributed by atoms with E-state index in [2.05, 4.69) is 18.0 Å². The first-order valence-electron chi connectivity index (χ1n) is 5.15. The quantitative estimate of drug-likeness (QED) is 0.735. The van der Waals surface area contributed by atoms with Gasteiger partial charge in [-0.2, -0.15) is 0 Å². The number of aryl methyl sites for hydroxylation is 1. The maximum atomic E-state index is 5.62. The normalized spacial score (nSPS) is 11.4. The van der Waals surface area contributed by atoms with Crippen LogP contribution in [0, 0.1) is 0 Å². The molecule has 2 nitrogen and oxygen atoms in total. The van der Waals surface area contributed by atoms with E-state index < -0.39 is 0 Å². The van der Waals surface area contributed by atoms with E-state index in [-0.39, 0.29) is 5.60 Å². The topological polar surface area (TPSA) is 22.1 Å². The summed E-state index contributed by atoms with van der Waals surface area (Å²) >= 11 is 0. The van der Waals surface area contributed by atoms with Crippen molar-refractivity contribution in [3.05, 3.63) is 23.9 Å². The monoisotopic (exact) mass is 193 g/mol. The minimum absolute atomic E-state index is 0.167.